The summed E-state index contributed by atoms with van der Waals surface area (Å²) >= 11 is 5.97. The largest absolute Gasteiger partial charge is 0.449 e. The van der Waals surface area contributed by atoms with Crippen molar-refractivity contribution in [2.45, 2.75) is 19.6 Å². The molecule has 1 aromatic heterocycles. The van der Waals surface area contributed by atoms with Gasteiger partial charge in [0.05, 0.1) is 10.6 Å². The normalized spacial score (nSPS) is 14.8. The molecule has 3 rings (SSSR count). The Kier molecular flexibility index (Phi) is 3.22. The Bertz CT molecular complexity index is 716. The van der Waals surface area contributed by atoms with Gasteiger partial charge in [0.2, 0.25) is 5.79 Å². The fourth-order valence-corrected chi connectivity index (χ4v) is 2.23. The van der Waals surface area contributed by atoms with E-state index in [1.165, 1.54) is 12.4 Å². The summed E-state index contributed by atoms with van der Waals surface area (Å²) in [5.74, 6) is 0.219. The van der Waals surface area contributed by atoms with Gasteiger partial charge in [-0.1, -0.05) is 11.6 Å². The summed E-state index contributed by atoms with van der Waals surface area (Å²) in [7, 11) is 0. The van der Waals surface area contributed by atoms with Gasteiger partial charge < -0.3 is 14.8 Å². The van der Waals surface area contributed by atoms with Crippen LogP contribution >= 0.6 is 11.6 Å². The van der Waals surface area contributed by atoms with E-state index in [9.17, 15) is 4.79 Å². The van der Waals surface area contributed by atoms with Gasteiger partial charge in [-0.05, 0) is 18.2 Å². The molecule has 0 fully saturated rings. The van der Waals surface area contributed by atoms with Crippen LogP contribution in [0.5, 0.6) is 11.5 Å². The fraction of sp³-hybridized carbons (Fsp3) is 0.200. The van der Waals surface area contributed by atoms with Crippen LogP contribution in [0.4, 0.5) is 5.69 Å². The van der Waals surface area contributed by atoms with Crippen molar-refractivity contribution in [3.05, 3.63) is 47.2 Å². The second kappa shape index (κ2) is 4.93. The molecule has 0 saturated carbocycles. The lowest BCUT2D eigenvalue weighted by Gasteiger charge is -2.16. The van der Waals surface area contributed by atoms with Gasteiger partial charge in [0, 0.05) is 38.0 Å². The number of benzene rings is 1. The summed E-state index contributed by atoms with van der Waals surface area (Å²) in [6.07, 6.45) is 2.95. The number of fused-ring (bicyclic) bond motifs is 1. The Morgan fingerprint density at radius 1 is 1.24 bits per heavy atom. The zero-order valence-electron chi connectivity index (χ0n) is 11.5. The first-order valence-corrected chi connectivity index (χ1v) is 6.75. The third-order valence-electron chi connectivity index (χ3n) is 2.93. The molecule has 0 aliphatic carbocycles. The molecule has 0 unspecified atom stereocenters. The maximum absolute atomic E-state index is 12.2. The number of pyridine rings is 1. The standard InChI is InChI=1S/C15H13ClN2O3/c1-15(2)20-12-4-3-9(7-13(12)21-15)18-14(19)10-8-17-6-5-11(10)16/h3-8H,1-2H3,(H,18,19). The number of aromatic nitrogens is 1. The summed E-state index contributed by atoms with van der Waals surface area (Å²) in [4.78, 5) is 16.0. The van der Waals surface area contributed by atoms with Crippen LogP contribution in [0, 0.1) is 0 Å². The third kappa shape index (κ3) is 2.78. The molecule has 2 aromatic rings. The summed E-state index contributed by atoms with van der Waals surface area (Å²) < 4.78 is 11.2. The first kappa shape index (κ1) is 13.7. The van der Waals surface area contributed by atoms with E-state index < -0.39 is 5.79 Å². The van der Waals surface area contributed by atoms with Crippen molar-refractivity contribution in [2.24, 2.45) is 0 Å². The minimum absolute atomic E-state index is 0.317. The van der Waals surface area contributed by atoms with E-state index in [4.69, 9.17) is 21.1 Å². The number of nitrogens with one attached hydrogen (secondary N) is 1. The maximum Gasteiger partial charge on any atom is 0.258 e. The molecule has 0 saturated heterocycles. The molecule has 5 nitrogen and oxygen atoms in total. The van der Waals surface area contributed by atoms with Crippen molar-refractivity contribution in [2.75, 3.05) is 5.32 Å². The van der Waals surface area contributed by atoms with E-state index in [0.29, 0.717) is 27.8 Å². The van der Waals surface area contributed by atoms with Crippen molar-refractivity contribution in [1.82, 2.24) is 4.98 Å². The number of anilines is 1. The Balaban J connectivity index is 1.81. The Labute approximate surface area is 126 Å². The van der Waals surface area contributed by atoms with E-state index >= 15 is 0 Å². The number of ether oxygens (including phenoxy) is 2. The van der Waals surface area contributed by atoms with Gasteiger partial charge in [-0.3, -0.25) is 9.78 Å². The highest BCUT2D eigenvalue weighted by molar-refractivity contribution is 6.34. The summed E-state index contributed by atoms with van der Waals surface area (Å²) in [5, 5.41) is 3.11. The molecule has 21 heavy (non-hydrogen) atoms. The van der Waals surface area contributed by atoms with Crippen LogP contribution < -0.4 is 14.8 Å². The van der Waals surface area contributed by atoms with E-state index in [1.807, 2.05) is 13.8 Å². The SMILES string of the molecule is CC1(C)Oc2ccc(NC(=O)c3cnccc3Cl)cc2O1. The van der Waals surface area contributed by atoms with Crippen LogP contribution in [0.25, 0.3) is 0 Å². The van der Waals surface area contributed by atoms with Crippen LogP contribution in [-0.2, 0) is 0 Å². The van der Waals surface area contributed by atoms with Gasteiger partial charge in [0.15, 0.2) is 11.5 Å². The first-order valence-electron chi connectivity index (χ1n) is 6.37. The highest BCUT2D eigenvalue weighted by Gasteiger charge is 2.31. The number of nitrogens with zero attached hydrogens (tertiary/aromatic N) is 1. The quantitative estimate of drug-likeness (QED) is 0.922. The average molecular weight is 305 g/mol. The molecular weight excluding hydrogens is 292 g/mol. The number of carbonyl (C=O) groups is 1. The van der Waals surface area contributed by atoms with Crippen LogP contribution in [0.15, 0.2) is 36.7 Å². The van der Waals surface area contributed by atoms with E-state index in [0.717, 1.165) is 0 Å². The van der Waals surface area contributed by atoms with Crippen molar-refractivity contribution in [3.8, 4) is 11.5 Å². The zero-order chi connectivity index (χ0) is 15.0. The predicted octanol–water partition coefficient (Wildman–Crippen LogP) is 3.49. The summed E-state index contributed by atoms with van der Waals surface area (Å²) in [6, 6.07) is 6.78. The maximum atomic E-state index is 12.2. The molecule has 0 spiro atoms. The van der Waals surface area contributed by atoms with Gasteiger partial charge in [0.25, 0.3) is 5.91 Å². The number of rotatable bonds is 2. The second-order valence-electron chi connectivity index (χ2n) is 5.08. The molecule has 1 aliphatic rings. The summed E-state index contributed by atoms with van der Waals surface area (Å²) in [6.45, 7) is 3.64. The minimum Gasteiger partial charge on any atom is -0.449 e. The molecule has 1 N–H and O–H groups in total. The molecule has 0 atom stereocenters. The van der Waals surface area contributed by atoms with Crippen molar-refractivity contribution >= 4 is 23.2 Å². The van der Waals surface area contributed by atoms with Crippen molar-refractivity contribution in [1.29, 1.82) is 0 Å². The molecule has 0 bridgehead atoms. The molecule has 1 amide bonds. The molecular formula is C15H13ClN2O3. The number of hydrogen-bond donors (Lipinski definition) is 1. The predicted molar refractivity (Wildman–Crippen MR) is 79.0 cm³/mol. The number of carbonyl (C=O) groups excluding carboxylic acids is 1. The number of hydrogen-bond acceptors (Lipinski definition) is 4. The third-order valence-corrected chi connectivity index (χ3v) is 3.26. The zero-order valence-corrected chi connectivity index (χ0v) is 12.3. The van der Waals surface area contributed by atoms with Crippen molar-refractivity contribution < 1.29 is 14.3 Å². The highest BCUT2D eigenvalue weighted by Crippen LogP contribution is 2.40. The molecule has 1 aromatic carbocycles. The van der Waals surface area contributed by atoms with Gasteiger partial charge in [-0.15, -0.1) is 0 Å². The minimum atomic E-state index is -0.697. The van der Waals surface area contributed by atoms with Crippen LogP contribution in [0.3, 0.4) is 0 Å². The van der Waals surface area contributed by atoms with E-state index in [-0.39, 0.29) is 5.91 Å². The molecule has 6 heteroatoms. The van der Waals surface area contributed by atoms with E-state index in [1.54, 1.807) is 24.3 Å². The number of halogens is 1. The van der Waals surface area contributed by atoms with Crippen LogP contribution in [0.2, 0.25) is 5.02 Å². The van der Waals surface area contributed by atoms with Gasteiger partial charge >= 0.3 is 0 Å². The average Bonchev–Trinajstić information content (AvgIpc) is 2.72. The molecule has 2 heterocycles. The van der Waals surface area contributed by atoms with E-state index in [2.05, 4.69) is 10.3 Å². The van der Waals surface area contributed by atoms with Gasteiger partial charge in [0.1, 0.15) is 0 Å². The molecule has 0 radical (unpaired) electrons. The Morgan fingerprint density at radius 3 is 2.76 bits per heavy atom. The molecule has 108 valence electrons. The van der Waals surface area contributed by atoms with Crippen molar-refractivity contribution in [3.63, 3.8) is 0 Å². The second-order valence-corrected chi connectivity index (χ2v) is 5.48. The smallest absolute Gasteiger partial charge is 0.258 e. The van der Waals surface area contributed by atoms with Crippen LogP contribution in [-0.4, -0.2) is 16.7 Å². The van der Waals surface area contributed by atoms with Crippen LogP contribution in [0.1, 0.15) is 24.2 Å². The monoisotopic (exact) mass is 304 g/mol. The van der Waals surface area contributed by atoms with Gasteiger partial charge in [-0.2, -0.15) is 0 Å². The lowest BCUT2D eigenvalue weighted by molar-refractivity contribution is -0.0431. The Hall–Kier alpha value is -2.27. The lowest BCUT2D eigenvalue weighted by atomic mass is 10.2. The number of amides is 1. The molecule has 1 aliphatic heterocycles. The van der Waals surface area contributed by atoms with Gasteiger partial charge in [-0.25, -0.2) is 0 Å². The first-order chi connectivity index (χ1) is 9.94. The topological polar surface area (TPSA) is 60.5 Å². The fourth-order valence-electron chi connectivity index (χ4n) is 2.04. The highest BCUT2D eigenvalue weighted by atomic mass is 35.5. The lowest BCUT2D eigenvalue weighted by Crippen LogP contribution is -2.29. The summed E-state index contributed by atoms with van der Waals surface area (Å²) in [5.41, 5.74) is 0.914. The Morgan fingerprint density at radius 2 is 2.00 bits per heavy atom.